The number of hydrogen-bond acceptors (Lipinski definition) is 1. The summed E-state index contributed by atoms with van der Waals surface area (Å²) in [6, 6.07) is 4.98. The zero-order valence-corrected chi connectivity index (χ0v) is 10.8. The topological polar surface area (TPSA) is 17.1 Å². The predicted molar refractivity (Wildman–Crippen MR) is 64.8 cm³/mol. The van der Waals surface area contributed by atoms with Crippen molar-refractivity contribution in [1.82, 2.24) is 0 Å². The van der Waals surface area contributed by atoms with Crippen molar-refractivity contribution < 1.29 is 9.18 Å². The summed E-state index contributed by atoms with van der Waals surface area (Å²) in [6.45, 7) is 2.07. The van der Waals surface area contributed by atoms with E-state index in [-0.39, 0.29) is 11.2 Å². The van der Waals surface area contributed by atoms with Crippen LogP contribution in [-0.4, -0.2) is 5.78 Å². The van der Waals surface area contributed by atoms with Crippen LogP contribution in [0.5, 0.6) is 0 Å². The summed E-state index contributed by atoms with van der Waals surface area (Å²) in [7, 11) is 0. The first-order valence-electron chi connectivity index (χ1n) is 5.44. The van der Waals surface area contributed by atoms with E-state index < -0.39 is 0 Å². The molecule has 3 heteroatoms. The highest BCUT2D eigenvalue weighted by atomic mass is 79.9. The zero-order chi connectivity index (χ0) is 11.8. The van der Waals surface area contributed by atoms with E-state index in [9.17, 15) is 9.18 Å². The van der Waals surface area contributed by atoms with Gasteiger partial charge in [-0.2, -0.15) is 0 Å². The van der Waals surface area contributed by atoms with Crippen LogP contribution in [0.15, 0.2) is 22.7 Å². The Balaban J connectivity index is 2.20. The molecule has 0 spiro atoms. The van der Waals surface area contributed by atoms with Crippen LogP contribution >= 0.6 is 15.9 Å². The number of carbonyl (C=O) groups is 1. The Morgan fingerprint density at radius 1 is 1.50 bits per heavy atom. The van der Waals surface area contributed by atoms with Crippen molar-refractivity contribution in [1.29, 1.82) is 0 Å². The SMILES string of the molecule is CC1(Cc2cc(Br)ccc2F)CCC(=O)C1. The average Bonchev–Trinajstić information content (AvgIpc) is 2.52. The van der Waals surface area contributed by atoms with Gasteiger partial charge >= 0.3 is 0 Å². The maximum Gasteiger partial charge on any atom is 0.133 e. The molecule has 0 amide bonds. The largest absolute Gasteiger partial charge is 0.300 e. The molecule has 1 aliphatic carbocycles. The van der Waals surface area contributed by atoms with Crippen molar-refractivity contribution in [3.05, 3.63) is 34.1 Å². The van der Waals surface area contributed by atoms with Gasteiger partial charge in [-0.3, -0.25) is 4.79 Å². The normalized spacial score (nSPS) is 25.1. The quantitative estimate of drug-likeness (QED) is 0.805. The molecule has 0 heterocycles. The number of Topliss-reactive ketones (excluding diaryl/α,β-unsaturated/α-hetero) is 1. The molecule has 0 aliphatic heterocycles. The van der Waals surface area contributed by atoms with E-state index in [1.54, 1.807) is 6.07 Å². The van der Waals surface area contributed by atoms with Crippen LogP contribution in [0, 0.1) is 11.2 Å². The molecule has 1 aromatic carbocycles. The standard InChI is InChI=1S/C13H14BrFO/c1-13(5-4-11(16)8-13)7-9-6-10(14)2-3-12(9)15/h2-3,6H,4-5,7-8H2,1H3. The number of carbonyl (C=O) groups excluding carboxylic acids is 1. The lowest BCUT2D eigenvalue weighted by Gasteiger charge is -2.22. The number of benzene rings is 1. The highest BCUT2D eigenvalue weighted by molar-refractivity contribution is 9.10. The smallest absolute Gasteiger partial charge is 0.133 e. The van der Waals surface area contributed by atoms with Gasteiger partial charge in [0.1, 0.15) is 11.6 Å². The molecular formula is C13H14BrFO. The molecule has 1 unspecified atom stereocenters. The summed E-state index contributed by atoms with van der Waals surface area (Å²) in [5.74, 6) is 0.127. The molecule has 16 heavy (non-hydrogen) atoms. The van der Waals surface area contributed by atoms with Gasteiger partial charge in [0.05, 0.1) is 0 Å². The molecule has 2 rings (SSSR count). The Morgan fingerprint density at radius 2 is 2.25 bits per heavy atom. The number of halogens is 2. The second kappa shape index (κ2) is 4.28. The molecule has 1 atom stereocenters. The third kappa shape index (κ3) is 2.51. The Morgan fingerprint density at radius 3 is 2.88 bits per heavy atom. The van der Waals surface area contributed by atoms with Gasteiger partial charge in [-0.05, 0) is 42.0 Å². The Labute approximate surface area is 103 Å². The molecule has 1 aliphatic rings. The fraction of sp³-hybridized carbons (Fsp3) is 0.462. The molecule has 86 valence electrons. The Bertz CT molecular complexity index is 430. The van der Waals surface area contributed by atoms with E-state index >= 15 is 0 Å². The first-order chi connectivity index (χ1) is 7.48. The van der Waals surface area contributed by atoms with E-state index in [1.807, 2.05) is 6.07 Å². The third-order valence-corrected chi connectivity index (χ3v) is 3.75. The van der Waals surface area contributed by atoms with Gasteiger partial charge in [0.25, 0.3) is 0 Å². The molecule has 0 radical (unpaired) electrons. The summed E-state index contributed by atoms with van der Waals surface area (Å²) in [6.07, 6.45) is 2.74. The molecule has 0 bridgehead atoms. The Hall–Kier alpha value is -0.700. The summed E-state index contributed by atoms with van der Waals surface area (Å²) in [4.78, 5) is 11.3. The minimum absolute atomic E-state index is 0.0568. The molecule has 1 nitrogen and oxygen atoms in total. The monoisotopic (exact) mass is 284 g/mol. The number of ketones is 1. The van der Waals surface area contributed by atoms with Crippen LogP contribution in [0.25, 0.3) is 0 Å². The highest BCUT2D eigenvalue weighted by Gasteiger charge is 2.34. The molecule has 0 saturated heterocycles. The summed E-state index contributed by atoms with van der Waals surface area (Å²) >= 11 is 3.34. The lowest BCUT2D eigenvalue weighted by atomic mass is 9.82. The van der Waals surface area contributed by atoms with Gasteiger partial charge in [-0.15, -0.1) is 0 Å². The fourth-order valence-corrected chi connectivity index (χ4v) is 2.79. The molecule has 0 aromatic heterocycles. The van der Waals surface area contributed by atoms with E-state index in [0.717, 1.165) is 10.9 Å². The van der Waals surface area contributed by atoms with Crippen molar-refractivity contribution in [2.24, 2.45) is 5.41 Å². The highest BCUT2D eigenvalue weighted by Crippen LogP contribution is 2.39. The number of hydrogen-bond donors (Lipinski definition) is 0. The minimum atomic E-state index is -0.177. The third-order valence-electron chi connectivity index (χ3n) is 3.26. The summed E-state index contributed by atoms with van der Waals surface area (Å²) in [5, 5.41) is 0. The maximum absolute atomic E-state index is 13.6. The Kier molecular flexibility index (Phi) is 3.15. The summed E-state index contributed by atoms with van der Waals surface area (Å²) < 4.78 is 14.5. The maximum atomic E-state index is 13.6. The van der Waals surface area contributed by atoms with Gasteiger partial charge in [0, 0.05) is 17.3 Å². The van der Waals surface area contributed by atoms with E-state index in [2.05, 4.69) is 22.9 Å². The first kappa shape index (κ1) is 11.8. The van der Waals surface area contributed by atoms with Crippen LogP contribution < -0.4 is 0 Å². The summed E-state index contributed by atoms with van der Waals surface area (Å²) in [5.41, 5.74) is 0.644. The van der Waals surface area contributed by atoms with Gasteiger partial charge in [-0.25, -0.2) is 4.39 Å². The van der Waals surface area contributed by atoms with Crippen molar-refractivity contribution >= 4 is 21.7 Å². The van der Waals surface area contributed by atoms with Crippen LogP contribution in [0.1, 0.15) is 31.7 Å². The van der Waals surface area contributed by atoms with Gasteiger partial charge in [0.2, 0.25) is 0 Å². The second-order valence-electron chi connectivity index (χ2n) is 4.94. The lowest BCUT2D eigenvalue weighted by molar-refractivity contribution is -0.117. The van der Waals surface area contributed by atoms with Gasteiger partial charge in [-0.1, -0.05) is 22.9 Å². The van der Waals surface area contributed by atoms with E-state index in [1.165, 1.54) is 6.07 Å². The molecule has 0 N–H and O–H groups in total. The molecule has 1 aromatic rings. The average molecular weight is 285 g/mol. The van der Waals surface area contributed by atoms with Crippen LogP contribution in [0.4, 0.5) is 4.39 Å². The predicted octanol–water partition coefficient (Wildman–Crippen LogP) is 3.89. The lowest BCUT2D eigenvalue weighted by Crippen LogP contribution is -2.16. The number of rotatable bonds is 2. The van der Waals surface area contributed by atoms with Crippen LogP contribution in [0.2, 0.25) is 0 Å². The van der Waals surface area contributed by atoms with Crippen molar-refractivity contribution in [3.8, 4) is 0 Å². The van der Waals surface area contributed by atoms with Gasteiger partial charge < -0.3 is 0 Å². The van der Waals surface area contributed by atoms with E-state index in [4.69, 9.17) is 0 Å². The minimum Gasteiger partial charge on any atom is -0.300 e. The van der Waals surface area contributed by atoms with Gasteiger partial charge in [0.15, 0.2) is 0 Å². The van der Waals surface area contributed by atoms with Crippen LogP contribution in [0.3, 0.4) is 0 Å². The first-order valence-corrected chi connectivity index (χ1v) is 6.23. The molecule has 1 saturated carbocycles. The van der Waals surface area contributed by atoms with Crippen LogP contribution in [-0.2, 0) is 11.2 Å². The van der Waals surface area contributed by atoms with Crippen molar-refractivity contribution in [3.63, 3.8) is 0 Å². The van der Waals surface area contributed by atoms with Crippen molar-refractivity contribution in [2.75, 3.05) is 0 Å². The molecule has 1 fully saturated rings. The fourth-order valence-electron chi connectivity index (χ4n) is 2.38. The van der Waals surface area contributed by atoms with E-state index in [0.29, 0.717) is 30.6 Å². The molecular weight excluding hydrogens is 271 g/mol. The second-order valence-corrected chi connectivity index (χ2v) is 5.85. The zero-order valence-electron chi connectivity index (χ0n) is 9.22. The van der Waals surface area contributed by atoms with Crippen molar-refractivity contribution in [2.45, 2.75) is 32.6 Å².